The van der Waals surface area contributed by atoms with E-state index in [4.69, 9.17) is 10.5 Å². The normalized spacial score (nSPS) is 23.6. The highest BCUT2D eigenvalue weighted by atomic mass is 35.5. The molecular formula is C11H18ClN3O2S. The van der Waals surface area contributed by atoms with Gasteiger partial charge in [0.05, 0.1) is 18.8 Å². The van der Waals surface area contributed by atoms with Crippen molar-refractivity contribution in [3.05, 3.63) is 16.1 Å². The van der Waals surface area contributed by atoms with Gasteiger partial charge in [0, 0.05) is 18.5 Å². The second kappa shape index (κ2) is 6.47. The van der Waals surface area contributed by atoms with Crippen LogP contribution in [0, 0.1) is 0 Å². The summed E-state index contributed by atoms with van der Waals surface area (Å²) in [4.78, 5) is 18.3. The van der Waals surface area contributed by atoms with Crippen LogP contribution >= 0.6 is 23.7 Å². The Labute approximate surface area is 117 Å². The summed E-state index contributed by atoms with van der Waals surface area (Å²) in [5.74, 6) is -0.0244. The molecular weight excluding hydrogens is 274 g/mol. The fourth-order valence-corrected chi connectivity index (χ4v) is 2.48. The number of aromatic nitrogens is 1. The molecule has 1 aromatic rings. The number of nitrogens with zero attached hydrogens (tertiary/aromatic N) is 2. The number of morpholine rings is 1. The molecule has 0 saturated carbocycles. The van der Waals surface area contributed by atoms with Gasteiger partial charge >= 0.3 is 0 Å². The molecule has 2 heterocycles. The van der Waals surface area contributed by atoms with Crippen LogP contribution in [0.4, 0.5) is 0 Å². The number of hydrogen-bond donors (Lipinski definition) is 1. The monoisotopic (exact) mass is 291 g/mol. The quantitative estimate of drug-likeness (QED) is 0.891. The second-order valence-corrected chi connectivity index (χ2v) is 5.22. The second-order valence-electron chi connectivity index (χ2n) is 4.28. The van der Waals surface area contributed by atoms with Crippen LogP contribution in [0.2, 0.25) is 0 Å². The van der Waals surface area contributed by atoms with E-state index in [1.165, 1.54) is 11.3 Å². The van der Waals surface area contributed by atoms with Gasteiger partial charge in [-0.3, -0.25) is 4.79 Å². The number of halogens is 1. The Hall–Kier alpha value is -0.690. The third-order valence-electron chi connectivity index (χ3n) is 2.81. The predicted molar refractivity (Wildman–Crippen MR) is 73.2 cm³/mol. The lowest BCUT2D eigenvalue weighted by molar-refractivity contribution is -0.0388. The Bertz CT molecular complexity index is 413. The van der Waals surface area contributed by atoms with Crippen LogP contribution in [-0.4, -0.2) is 41.1 Å². The highest BCUT2D eigenvalue weighted by Gasteiger charge is 2.29. The van der Waals surface area contributed by atoms with Gasteiger partial charge in [-0.05, 0) is 13.8 Å². The molecule has 1 aromatic heterocycles. The zero-order valence-corrected chi connectivity index (χ0v) is 12.1. The molecule has 18 heavy (non-hydrogen) atoms. The van der Waals surface area contributed by atoms with Crippen molar-refractivity contribution < 1.29 is 9.53 Å². The van der Waals surface area contributed by atoms with E-state index in [1.807, 2.05) is 18.7 Å². The fourth-order valence-electron chi connectivity index (χ4n) is 1.84. The molecule has 1 amide bonds. The summed E-state index contributed by atoms with van der Waals surface area (Å²) >= 11 is 1.43. The Morgan fingerprint density at radius 2 is 2.39 bits per heavy atom. The minimum absolute atomic E-state index is 0. The average Bonchev–Trinajstić information content (AvgIpc) is 2.80. The van der Waals surface area contributed by atoms with Crippen LogP contribution in [-0.2, 0) is 11.3 Å². The molecule has 2 rings (SSSR count). The maximum absolute atomic E-state index is 12.3. The number of nitrogens with two attached hydrogens (primary N) is 1. The van der Waals surface area contributed by atoms with Crippen molar-refractivity contribution >= 4 is 29.7 Å². The molecule has 0 radical (unpaired) electrons. The zero-order chi connectivity index (χ0) is 12.4. The van der Waals surface area contributed by atoms with Gasteiger partial charge in [0.1, 0.15) is 10.7 Å². The lowest BCUT2D eigenvalue weighted by atomic mass is 10.2. The van der Waals surface area contributed by atoms with E-state index in [2.05, 4.69) is 4.98 Å². The Morgan fingerprint density at radius 1 is 1.67 bits per heavy atom. The first-order valence-electron chi connectivity index (χ1n) is 5.69. The largest absolute Gasteiger partial charge is 0.375 e. The molecule has 1 saturated heterocycles. The van der Waals surface area contributed by atoms with Crippen LogP contribution in [0.25, 0.3) is 0 Å². The molecule has 0 aromatic carbocycles. The standard InChI is InChI=1S/C11H17N3O2S.ClH/c1-7-5-16-8(2)4-14(7)11(15)9-6-17-10(3-12)13-9;/h6-8H,3-5,12H2,1-2H3;1H. The average molecular weight is 292 g/mol. The molecule has 2 atom stereocenters. The maximum atomic E-state index is 12.3. The topological polar surface area (TPSA) is 68.5 Å². The minimum atomic E-state index is -0.0244. The molecule has 1 aliphatic heterocycles. The predicted octanol–water partition coefficient (Wildman–Crippen LogP) is 1.27. The highest BCUT2D eigenvalue weighted by Crippen LogP contribution is 2.17. The van der Waals surface area contributed by atoms with E-state index in [9.17, 15) is 4.79 Å². The number of rotatable bonds is 2. The van der Waals surface area contributed by atoms with Gasteiger partial charge in [-0.2, -0.15) is 0 Å². The molecule has 0 bridgehead atoms. The first kappa shape index (κ1) is 15.4. The Kier molecular flexibility index (Phi) is 5.52. The van der Waals surface area contributed by atoms with Crippen LogP contribution < -0.4 is 5.73 Å². The number of hydrogen-bond acceptors (Lipinski definition) is 5. The van der Waals surface area contributed by atoms with Crippen molar-refractivity contribution in [1.29, 1.82) is 0 Å². The number of amides is 1. The maximum Gasteiger partial charge on any atom is 0.273 e. The SMILES string of the molecule is CC1CN(C(=O)c2csc(CN)n2)C(C)CO1.Cl. The summed E-state index contributed by atoms with van der Waals surface area (Å²) in [6, 6.07) is 0.0988. The Morgan fingerprint density at radius 3 is 3.00 bits per heavy atom. The van der Waals surface area contributed by atoms with E-state index in [0.29, 0.717) is 25.4 Å². The van der Waals surface area contributed by atoms with Gasteiger partial charge < -0.3 is 15.4 Å². The minimum Gasteiger partial charge on any atom is -0.375 e. The third-order valence-corrected chi connectivity index (χ3v) is 3.69. The highest BCUT2D eigenvalue weighted by molar-refractivity contribution is 7.09. The zero-order valence-electron chi connectivity index (χ0n) is 10.5. The summed E-state index contributed by atoms with van der Waals surface area (Å²) in [6.45, 7) is 5.54. The first-order valence-corrected chi connectivity index (χ1v) is 6.56. The number of thiazole rings is 1. The molecule has 2 N–H and O–H groups in total. The van der Waals surface area contributed by atoms with Crippen molar-refractivity contribution in [1.82, 2.24) is 9.88 Å². The van der Waals surface area contributed by atoms with Crippen molar-refractivity contribution in [2.75, 3.05) is 13.2 Å². The summed E-state index contributed by atoms with van der Waals surface area (Å²) in [6.07, 6.45) is 0.0859. The molecule has 7 heteroatoms. The molecule has 0 spiro atoms. The van der Waals surface area contributed by atoms with Crippen LogP contribution in [0.1, 0.15) is 29.3 Å². The summed E-state index contributed by atoms with van der Waals surface area (Å²) in [5, 5.41) is 2.57. The van der Waals surface area contributed by atoms with Crippen molar-refractivity contribution in [2.24, 2.45) is 5.73 Å². The molecule has 1 fully saturated rings. The van der Waals surface area contributed by atoms with Gasteiger partial charge in [-0.15, -0.1) is 23.7 Å². The van der Waals surface area contributed by atoms with E-state index in [1.54, 1.807) is 5.38 Å². The number of ether oxygens (including phenoxy) is 1. The fraction of sp³-hybridized carbons (Fsp3) is 0.636. The molecule has 5 nitrogen and oxygen atoms in total. The van der Waals surface area contributed by atoms with Crippen molar-refractivity contribution in [2.45, 2.75) is 32.5 Å². The van der Waals surface area contributed by atoms with Crippen molar-refractivity contribution in [3.8, 4) is 0 Å². The van der Waals surface area contributed by atoms with Gasteiger partial charge in [-0.1, -0.05) is 0 Å². The van der Waals surface area contributed by atoms with Gasteiger partial charge in [0.2, 0.25) is 0 Å². The number of carbonyl (C=O) groups excluding carboxylic acids is 1. The van der Waals surface area contributed by atoms with Crippen LogP contribution in [0.5, 0.6) is 0 Å². The third kappa shape index (κ3) is 3.20. The van der Waals surface area contributed by atoms with Gasteiger partial charge in [0.15, 0.2) is 0 Å². The summed E-state index contributed by atoms with van der Waals surface area (Å²) < 4.78 is 5.50. The lowest BCUT2D eigenvalue weighted by Gasteiger charge is -2.36. The van der Waals surface area contributed by atoms with E-state index < -0.39 is 0 Å². The lowest BCUT2D eigenvalue weighted by Crippen LogP contribution is -2.50. The first-order chi connectivity index (χ1) is 8.11. The van der Waals surface area contributed by atoms with Gasteiger partial charge in [-0.25, -0.2) is 4.98 Å². The molecule has 0 aliphatic carbocycles. The molecule has 2 unspecified atom stereocenters. The smallest absolute Gasteiger partial charge is 0.273 e. The molecule has 102 valence electrons. The summed E-state index contributed by atoms with van der Waals surface area (Å²) in [7, 11) is 0. The van der Waals surface area contributed by atoms with E-state index >= 15 is 0 Å². The summed E-state index contributed by atoms with van der Waals surface area (Å²) in [5.41, 5.74) is 5.99. The molecule has 1 aliphatic rings. The van der Waals surface area contributed by atoms with E-state index in [-0.39, 0.29) is 30.5 Å². The van der Waals surface area contributed by atoms with E-state index in [0.717, 1.165) is 5.01 Å². The number of carbonyl (C=O) groups is 1. The van der Waals surface area contributed by atoms with Crippen LogP contribution in [0.3, 0.4) is 0 Å². The van der Waals surface area contributed by atoms with Gasteiger partial charge in [0.25, 0.3) is 5.91 Å². The van der Waals surface area contributed by atoms with Crippen LogP contribution in [0.15, 0.2) is 5.38 Å². The Balaban J connectivity index is 0.00000162. The van der Waals surface area contributed by atoms with Crippen molar-refractivity contribution in [3.63, 3.8) is 0 Å².